The van der Waals surface area contributed by atoms with Gasteiger partial charge < -0.3 is 15.8 Å². The number of H-pyrrole nitrogens is 1. The van der Waals surface area contributed by atoms with E-state index in [4.69, 9.17) is 10.8 Å². The van der Waals surface area contributed by atoms with Gasteiger partial charge in [-0.15, -0.1) is 0 Å². The van der Waals surface area contributed by atoms with Crippen LogP contribution >= 0.6 is 0 Å². The Bertz CT molecular complexity index is 312. The van der Waals surface area contributed by atoms with Crippen LogP contribution in [0.15, 0.2) is 18.3 Å². The second kappa shape index (κ2) is 2.60. The minimum atomic E-state index is -0.781. The van der Waals surface area contributed by atoms with Crippen molar-refractivity contribution in [3.8, 4) is 0 Å². The molecule has 0 radical (unpaired) electrons. The minimum Gasteiger partial charge on any atom is -0.481 e. The Morgan fingerprint density at radius 2 is 2.38 bits per heavy atom. The van der Waals surface area contributed by atoms with Gasteiger partial charge in [-0.25, -0.2) is 0 Å². The molecule has 0 aliphatic heterocycles. The molecule has 0 amide bonds. The zero-order valence-corrected chi connectivity index (χ0v) is 7.16. The molecule has 1 aromatic heterocycles. The van der Waals surface area contributed by atoms with Crippen LogP contribution in [0, 0.1) is 0 Å². The molecule has 4 nitrogen and oxygen atoms in total. The van der Waals surface area contributed by atoms with Gasteiger partial charge in [0.2, 0.25) is 0 Å². The molecule has 1 aliphatic rings. The molecule has 2 rings (SSSR count). The fraction of sp³-hybridized carbons (Fsp3) is 0.444. The monoisotopic (exact) mass is 180 g/mol. The first kappa shape index (κ1) is 8.31. The second-order valence-electron chi connectivity index (χ2n) is 3.64. The van der Waals surface area contributed by atoms with E-state index in [9.17, 15) is 4.79 Å². The fourth-order valence-electron chi connectivity index (χ4n) is 1.97. The number of nitrogens with one attached hydrogen (secondary N) is 1. The van der Waals surface area contributed by atoms with Crippen LogP contribution in [0.4, 0.5) is 0 Å². The van der Waals surface area contributed by atoms with Gasteiger partial charge in [-0.1, -0.05) is 0 Å². The molecule has 0 bridgehead atoms. The van der Waals surface area contributed by atoms with Gasteiger partial charge in [0.15, 0.2) is 0 Å². The van der Waals surface area contributed by atoms with Crippen LogP contribution in [-0.2, 0) is 10.2 Å². The van der Waals surface area contributed by atoms with E-state index in [1.54, 1.807) is 12.3 Å². The normalized spacial score (nSPS) is 32.5. The summed E-state index contributed by atoms with van der Waals surface area (Å²) in [6, 6.07) is 3.64. The van der Waals surface area contributed by atoms with Gasteiger partial charge in [-0.3, -0.25) is 4.79 Å². The van der Waals surface area contributed by atoms with E-state index < -0.39 is 11.4 Å². The fourth-order valence-corrected chi connectivity index (χ4v) is 1.97. The van der Waals surface area contributed by atoms with Crippen molar-refractivity contribution in [1.82, 2.24) is 4.98 Å². The van der Waals surface area contributed by atoms with Crippen LogP contribution in [-0.4, -0.2) is 22.1 Å². The van der Waals surface area contributed by atoms with Gasteiger partial charge >= 0.3 is 5.97 Å². The molecule has 70 valence electrons. The zero-order valence-electron chi connectivity index (χ0n) is 7.16. The maximum absolute atomic E-state index is 11.1. The van der Waals surface area contributed by atoms with Gasteiger partial charge in [0.05, 0.1) is 0 Å². The summed E-state index contributed by atoms with van der Waals surface area (Å²) in [5, 5.41) is 9.10. The molecular formula is C9H12N2O2. The molecule has 0 atom stereocenters. The standard InChI is InChI=1S/C9H12N2O2/c10-6-4-9(5-6,8(12)13)7-2-1-3-11-7/h1-3,6,11H,4-5,10H2,(H,12,13). The molecule has 1 heterocycles. The van der Waals surface area contributed by atoms with E-state index in [2.05, 4.69) is 4.98 Å². The lowest BCUT2D eigenvalue weighted by atomic mass is 9.64. The van der Waals surface area contributed by atoms with Crippen LogP contribution < -0.4 is 5.73 Å². The largest absolute Gasteiger partial charge is 0.481 e. The van der Waals surface area contributed by atoms with E-state index in [-0.39, 0.29) is 6.04 Å². The number of aliphatic carboxylic acids is 1. The summed E-state index contributed by atoms with van der Waals surface area (Å²) >= 11 is 0. The van der Waals surface area contributed by atoms with Crippen molar-refractivity contribution in [1.29, 1.82) is 0 Å². The van der Waals surface area contributed by atoms with Crippen molar-refractivity contribution in [2.24, 2.45) is 5.73 Å². The predicted molar refractivity (Wildman–Crippen MR) is 47.3 cm³/mol. The summed E-state index contributed by atoms with van der Waals surface area (Å²) in [5.41, 5.74) is 5.64. The SMILES string of the molecule is NC1CC(C(=O)O)(c2ccc[nH]2)C1. The summed E-state index contributed by atoms with van der Waals surface area (Å²) in [6.45, 7) is 0. The number of hydrogen-bond donors (Lipinski definition) is 3. The molecule has 0 saturated heterocycles. The summed E-state index contributed by atoms with van der Waals surface area (Å²) in [7, 11) is 0. The van der Waals surface area contributed by atoms with Crippen molar-refractivity contribution in [3.05, 3.63) is 24.0 Å². The Morgan fingerprint density at radius 1 is 1.69 bits per heavy atom. The van der Waals surface area contributed by atoms with Crippen molar-refractivity contribution in [2.75, 3.05) is 0 Å². The topological polar surface area (TPSA) is 79.1 Å². The molecule has 1 fully saturated rings. The van der Waals surface area contributed by atoms with Gasteiger partial charge in [0.1, 0.15) is 5.41 Å². The average Bonchev–Trinajstić information content (AvgIpc) is 2.49. The van der Waals surface area contributed by atoms with Crippen molar-refractivity contribution in [2.45, 2.75) is 24.3 Å². The van der Waals surface area contributed by atoms with Gasteiger partial charge in [0.25, 0.3) is 0 Å². The Hall–Kier alpha value is -1.29. The minimum absolute atomic E-state index is 0.0272. The third-order valence-corrected chi connectivity index (χ3v) is 2.74. The molecule has 13 heavy (non-hydrogen) atoms. The number of carboxylic acids is 1. The number of carboxylic acid groups (broad SMARTS) is 1. The van der Waals surface area contributed by atoms with Gasteiger partial charge in [0, 0.05) is 17.9 Å². The third-order valence-electron chi connectivity index (χ3n) is 2.74. The van der Waals surface area contributed by atoms with Crippen LogP contribution in [0.3, 0.4) is 0 Å². The lowest BCUT2D eigenvalue weighted by Crippen LogP contribution is -2.54. The molecule has 0 spiro atoms. The first-order valence-electron chi connectivity index (χ1n) is 4.28. The van der Waals surface area contributed by atoms with Crippen molar-refractivity contribution in [3.63, 3.8) is 0 Å². The molecular weight excluding hydrogens is 168 g/mol. The molecule has 4 N–H and O–H groups in total. The van der Waals surface area contributed by atoms with E-state index in [0.717, 1.165) is 5.69 Å². The Morgan fingerprint density at radius 3 is 2.77 bits per heavy atom. The number of carbonyl (C=O) groups is 1. The molecule has 1 aromatic rings. The molecule has 0 aromatic carbocycles. The highest BCUT2D eigenvalue weighted by Crippen LogP contribution is 2.42. The van der Waals surface area contributed by atoms with E-state index in [1.807, 2.05) is 6.07 Å². The molecule has 0 unspecified atom stereocenters. The van der Waals surface area contributed by atoms with E-state index >= 15 is 0 Å². The third kappa shape index (κ3) is 1.06. The molecule has 1 aliphatic carbocycles. The second-order valence-corrected chi connectivity index (χ2v) is 3.64. The first-order valence-corrected chi connectivity index (χ1v) is 4.28. The van der Waals surface area contributed by atoms with Crippen LogP contribution in [0.5, 0.6) is 0 Å². The van der Waals surface area contributed by atoms with E-state index in [0.29, 0.717) is 12.8 Å². The summed E-state index contributed by atoms with van der Waals surface area (Å²) < 4.78 is 0. The van der Waals surface area contributed by atoms with Gasteiger partial charge in [-0.05, 0) is 25.0 Å². The number of aromatic nitrogens is 1. The number of nitrogens with two attached hydrogens (primary N) is 1. The predicted octanol–water partition coefficient (Wildman–Crippen LogP) is 0.458. The smallest absolute Gasteiger partial charge is 0.315 e. The number of hydrogen-bond acceptors (Lipinski definition) is 2. The maximum atomic E-state index is 11.1. The van der Waals surface area contributed by atoms with Crippen LogP contribution in [0.25, 0.3) is 0 Å². The lowest BCUT2D eigenvalue weighted by Gasteiger charge is -2.41. The lowest BCUT2D eigenvalue weighted by molar-refractivity contribution is -0.148. The maximum Gasteiger partial charge on any atom is 0.315 e. The average molecular weight is 180 g/mol. The van der Waals surface area contributed by atoms with Crippen molar-refractivity contribution < 1.29 is 9.90 Å². The number of aromatic amines is 1. The highest BCUT2D eigenvalue weighted by molar-refractivity contribution is 5.82. The zero-order chi connectivity index (χ0) is 9.47. The highest BCUT2D eigenvalue weighted by Gasteiger charge is 2.51. The molecule has 1 saturated carbocycles. The quantitative estimate of drug-likeness (QED) is 0.618. The van der Waals surface area contributed by atoms with Crippen molar-refractivity contribution >= 4 is 5.97 Å². The first-order chi connectivity index (χ1) is 6.15. The highest BCUT2D eigenvalue weighted by atomic mass is 16.4. The van der Waals surface area contributed by atoms with E-state index in [1.165, 1.54) is 0 Å². The van der Waals surface area contributed by atoms with Crippen LogP contribution in [0.2, 0.25) is 0 Å². The summed E-state index contributed by atoms with van der Waals surface area (Å²) in [6.07, 6.45) is 2.80. The molecule has 4 heteroatoms. The summed E-state index contributed by atoms with van der Waals surface area (Å²) in [5.74, 6) is -0.781. The number of rotatable bonds is 2. The van der Waals surface area contributed by atoms with Gasteiger partial charge in [-0.2, -0.15) is 0 Å². The van der Waals surface area contributed by atoms with Crippen LogP contribution in [0.1, 0.15) is 18.5 Å². The Balaban J connectivity index is 2.31. The Labute approximate surface area is 75.8 Å². The summed E-state index contributed by atoms with van der Waals surface area (Å²) in [4.78, 5) is 14.0. The Kier molecular flexibility index (Phi) is 1.66.